The van der Waals surface area contributed by atoms with Crippen LogP contribution in [-0.4, -0.2) is 50.6 Å². The molecule has 17 heavy (non-hydrogen) atoms. The van der Waals surface area contributed by atoms with Gasteiger partial charge in [-0.25, -0.2) is 0 Å². The van der Waals surface area contributed by atoms with E-state index in [9.17, 15) is 9.59 Å². The summed E-state index contributed by atoms with van der Waals surface area (Å²) >= 11 is 0. The van der Waals surface area contributed by atoms with Gasteiger partial charge in [-0.1, -0.05) is 20.8 Å². The van der Waals surface area contributed by atoms with E-state index in [0.29, 0.717) is 0 Å². The summed E-state index contributed by atoms with van der Waals surface area (Å²) in [5, 5.41) is 12.1. The van der Waals surface area contributed by atoms with Crippen molar-refractivity contribution in [2.75, 3.05) is 33.8 Å². The van der Waals surface area contributed by atoms with Gasteiger partial charge in [0.15, 0.2) is 0 Å². The molecule has 6 nitrogen and oxygen atoms in total. The van der Waals surface area contributed by atoms with Crippen molar-refractivity contribution in [3.63, 3.8) is 0 Å². The second-order valence-electron chi connectivity index (χ2n) is 2.42. The molecule has 1 amide bonds. The first kappa shape index (κ1) is 25.0. The van der Waals surface area contributed by atoms with Crippen molar-refractivity contribution in [1.82, 2.24) is 10.6 Å². The van der Waals surface area contributed by atoms with Crippen LogP contribution in [0.1, 0.15) is 27.7 Å². The Labute approximate surface area is 105 Å². The Balaban J connectivity index is -0.000000102. The molecule has 0 aromatic heterocycles. The number of aliphatic hydroxyl groups excluding tert-OH is 1. The number of nitrogens with two attached hydrogens (primary N) is 1. The van der Waals surface area contributed by atoms with E-state index >= 15 is 0 Å². The largest absolute Gasteiger partial charge is 0.400 e. The molecule has 0 radical (unpaired) electrons. The summed E-state index contributed by atoms with van der Waals surface area (Å²) in [5.74, 6) is -0.192. The number of hydrogen-bond acceptors (Lipinski definition) is 5. The summed E-state index contributed by atoms with van der Waals surface area (Å²) in [4.78, 5) is 20.9. The molecule has 0 aliphatic rings. The van der Waals surface area contributed by atoms with Gasteiger partial charge in [0, 0.05) is 7.11 Å². The van der Waals surface area contributed by atoms with Crippen molar-refractivity contribution < 1.29 is 14.7 Å². The summed E-state index contributed by atoms with van der Waals surface area (Å²) in [6.45, 7) is 8.47. The fraction of sp³-hybridized carbons (Fsp3) is 0.818. The summed E-state index contributed by atoms with van der Waals surface area (Å²) < 4.78 is 0. The van der Waals surface area contributed by atoms with Crippen molar-refractivity contribution in [2.24, 2.45) is 5.73 Å². The number of nitrogens with one attached hydrogen (secondary N) is 2. The Hall–Kier alpha value is -0.980. The van der Waals surface area contributed by atoms with Crippen molar-refractivity contribution in [3.8, 4) is 0 Å². The smallest absolute Gasteiger partial charge is 0.234 e. The highest BCUT2D eigenvalue weighted by Crippen LogP contribution is 1.65. The fourth-order valence-electron chi connectivity index (χ4n) is 0.446. The number of likely N-dealkylation sites (N-methyl/N-ethyl adjacent to an activating group) is 1. The first-order chi connectivity index (χ1) is 8.08. The molecule has 0 rings (SSSR count). The number of carbonyl (C=O) groups is 2. The lowest BCUT2D eigenvalue weighted by Crippen LogP contribution is -2.34. The molecule has 0 aromatic carbocycles. The molecule has 0 bridgehead atoms. The second-order valence-corrected chi connectivity index (χ2v) is 2.42. The third kappa shape index (κ3) is 51.7. The van der Waals surface area contributed by atoms with E-state index in [-0.39, 0.29) is 24.8 Å². The first-order valence-electron chi connectivity index (χ1n) is 5.64. The number of rotatable bonds is 4. The number of Topliss-reactive ketones (excluding diaryl/α,β-unsaturated/α-hetero) is 1. The van der Waals surface area contributed by atoms with Crippen LogP contribution < -0.4 is 16.4 Å². The maximum Gasteiger partial charge on any atom is 0.234 e. The fourth-order valence-corrected chi connectivity index (χ4v) is 0.446. The lowest BCUT2D eigenvalue weighted by Gasteiger charge is -1.99. The van der Waals surface area contributed by atoms with E-state index in [0.717, 1.165) is 13.7 Å². The minimum absolute atomic E-state index is 0.0375. The molecule has 0 aliphatic heterocycles. The Bertz CT molecular complexity index is 153. The zero-order chi connectivity index (χ0) is 14.7. The molecule has 0 saturated heterocycles. The maximum atomic E-state index is 10.6. The molecular formula is C11H29N3O3. The molecule has 0 fully saturated rings. The van der Waals surface area contributed by atoms with Crippen molar-refractivity contribution >= 4 is 11.7 Å². The summed E-state index contributed by atoms with van der Waals surface area (Å²) in [5.41, 5.74) is 4.85. The van der Waals surface area contributed by atoms with Crippen LogP contribution in [0.25, 0.3) is 0 Å². The van der Waals surface area contributed by atoms with Crippen LogP contribution in [0.4, 0.5) is 0 Å². The quantitative estimate of drug-likeness (QED) is 0.540. The zero-order valence-corrected chi connectivity index (χ0v) is 12.0. The lowest BCUT2D eigenvalue weighted by atomic mass is 10.4. The van der Waals surface area contributed by atoms with E-state index in [4.69, 9.17) is 10.8 Å². The van der Waals surface area contributed by atoms with Crippen molar-refractivity contribution in [2.45, 2.75) is 27.7 Å². The highest BCUT2D eigenvalue weighted by atomic mass is 16.2. The van der Waals surface area contributed by atoms with Gasteiger partial charge in [0.1, 0.15) is 5.78 Å². The van der Waals surface area contributed by atoms with Crippen LogP contribution >= 0.6 is 0 Å². The highest BCUT2D eigenvalue weighted by Gasteiger charge is 1.98. The van der Waals surface area contributed by atoms with Gasteiger partial charge in [-0.3, -0.25) is 9.59 Å². The van der Waals surface area contributed by atoms with Crippen LogP contribution in [0, 0.1) is 0 Å². The van der Waals surface area contributed by atoms with E-state index in [1.807, 2.05) is 20.8 Å². The minimum atomic E-state index is -0.155. The molecule has 0 aliphatic carbocycles. The van der Waals surface area contributed by atoms with E-state index in [2.05, 4.69) is 10.6 Å². The highest BCUT2D eigenvalue weighted by molar-refractivity contribution is 5.85. The Morgan fingerprint density at radius 2 is 1.53 bits per heavy atom. The first-order valence-corrected chi connectivity index (χ1v) is 5.64. The summed E-state index contributed by atoms with van der Waals surface area (Å²) in [6, 6.07) is 0. The van der Waals surface area contributed by atoms with Crippen LogP contribution in [0.15, 0.2) is 0 Å². The van der Waals surface area contributed by atoms with Gasteiger partial charge in [-0.15, -0.1) is 0 Å². The van der Waals surface area contributed by atoms with Gasteiger partial charge < -0.3 is 21.5 Å². The van der Waals surface area contributed by atoms with Gasteiger partial charge >= 0.3 is 0 Å². The topological polar surface area (TPSA) is 104 Å². The predicted octanol–water partition coefficient (Wildman–Crippen LogP) is -0.489. The SMILES string of the molecule is CC.CCN.CNCC(=O)NCC(C)=O.CO. The molecule has 0 heterocycles. The normalized spacial score (nSPS) is 7.06. The van der Waals surface area contributed by atoms with Crippen molar-refractivity contribution in [1.29, 1.82) is 0 Å². The third-order valence-electron chi connectivity index (χ3n) is 0.872. The number of ketones is 1. The molecule has 0 saturated carbocycles. The van der Waals surface area contributed by atoms with Crippen LogP contribution in [0.2, 0.25) is 0 Å². The summed E-state index contributed by atoms with van der Waals surface area (Å²) in [7, 11) is 2.67. The standard InChI is InChI=1S/C6H12N2O2.C2H7N.C2H6.CH4O/c1-5(9)3-8-6(10)4-7-2;1-2-3;2*1-2/h7H,3-4H2,1-2H3,(H,8,10);2-3H2,1H3;1-2H3;2H,1H3. The van der Waals surface area contributed by atoms with Crippen LogP contribution in [-0.2, 0) is 9.59 Å². The van der Waals surface area contributed by atoms with Gasteiger partial charge in [0.2, 0.25) is 5.91 Å². The van der Waals surface area contributed by atoms with E-state index in [1.165, 1.54) is 6.92 Å². The zero-order valence-electron chi connectivity index (χ0n) is 12.0. The average molecular weight is 251 g/mol. The monoisotopic (exact) mass is 251 g/mol. The molecule has 5 N–H and O–H groups in total. The predicted molar refractivity (Wildman–Crippen MR) is 71.8 cm³/mol. The Kier molecular flexibility index (Phi) is 43.3. The molecule has 0 unspecified atom stereocenters. The molecular weight excluding hydrogens is 222 g/mol. The second kappa shape index (κ2) is 29.4. The average Bonchev–Trinajstić information content (AvgIpc) is 2.33. The number of amides is 1. The Morgan fingerprint density at radius 3 is 1.76 bits per heavy atom. The molecule has 6 heteroatoms. The maximum absolute atomic E-state index is 10.6. The van der Waals surface area contributed by atoms with Gasteiger partial charge in [-0.05, 0) is 20.5 Å². The lowest BCUT2D eigenvalue weighted by molar-refractivity contribution is -0.123. The van der Waals surface area contributed by atoms with Crippen LogP contribution in [0.5, 0.6) is 0 Å². The number of hydrogen-bond donors (Lipinski definition) is 4. The minimum Gasteiger partial charge on any atom is -0.400 e. The molecule has 0 spiro atoms. The Morgan fingerprint density at radius 1 is 1.18 bits per heavy atom. The van der Waals surface area contributed by atoms with Gasteiger partial charge in [0.05, 0.1) is 13.1 Å². The third-order valence-corrected chi connectivity index (χ3v) is 0.872. The molecule has 0 atom stereocenters. The van der Waals surface area contributed by atoms with Crippen LogP contribution in [0.3, 0.4) is 0 Å². The number of aliphatic hydroxyl groups is 1. The van der Waals surface area contributed by atoms with Gasteiger partial charge in [0.25, 0.3) is 0 Å². The number of carbonyl (C=O) groups excluding carboxylic acids is 2. The van der Waals surface area contributed by atoms with E-state index < -0.39 is 0 Å². The molecule has 106 valence electrons. The summed E-state index contributed by atoms with van der Waals surface area (Å²) in [6.07, 6.45) is 0. The molecule has 0 aromatic rings. The van der Waals surface area contributed by atoms with Crippen molar-refractivity contribution in [3.05, 3.63) is 0 Å². The van der Waals surface area contributed by atoms with E-state index in [1.54, 1.807) is 7.05 Å². The van der Waals surface area contributed by atoms with Gasteiger partial charge in [-0.2, -0.15) is 0 Å².